The van der Waals surface area contributed by atoms with Crippen molar-refractivity contribution < 1.29 is 9.90 Å². The Labute approximate surface area is 174 Å². The number of carbonyl (C=O) groups is 1. The normalized spacial score (nSPS) is 12.1. The lowest BCUT2D eigenvalue weighted by Gasteiger charge is -2.13. The molecule has 1 unspecified atom stereocenters. The smallest absolute Gasteiger partial charge is 0.308 e. The van der Waals surface area contributed by atoms with Crippen molar-refractivity contribution in [3.05, 3.63) is 70.1 Å². The molecule has 0 bridgehead atoms. The molecule has 3 aromatic rings. The van der Waals surface area contributed by atoms with Crippen LogP contribution in [0.5, 0.6) is 0 Å². The van der Waals surface area contributed by atoms with Crippen LogP contribution in [-0.4, -0.2) is 22.6 Å². The van der Waals surface area contributed by atoms with Crippen LogP contribution >= 0.6 is 22.9 Å². The minimum Gasteiger partial charge on any atom is -0.481 e. The molecule has 146 valence electrons. The fourth-order valence-electron chi connectivity index (χ4n) is 2.97. The SMILES string of the molecule is CC(C)c1sc(NCC(Cc2ccccc2)C(=O)O)nc1-c1ccc(Cl)cc1. The predicted octanol–water partition coefficient (Wildman–Crippen LogP) is 5.94. The van der Waals surface area contributed by atoms with E-state index in [4.69, 9.17) is 16.6 Å². The van der Waals surface area contributed by atoms with Crippen molar-refractivity contribution in [3.8, 4) is 11.3 Å². The number of carboxylic acids is 1. The first-order chi connectivity index (χ1) is 13.4. The molecule has 0 saturated heterocycles. The van der Waals surface area contributed by atoms with E-state index in [1.165, 1.54) is 4.88 Å². The number of halogens is 1. The van der Waals surface area contributed by atoms with Crippen LogP contribution in [0.4, 0.5) is 5.13 Å². The maximum absolute atomic E-state index is 11.7. The highest BCUT2D eigenvalue weighted by atomic mass is 35.5. The Balaban J connectivity index is 1.77. The van der Waals surface area contributed by atoms with Gasteiger partial charge in [-0.05, 0) is 30.0 Å². The van der Waals surface area contributed by atoms with Crippen molar-refractivity contribution in [2.75, 3.05) is 11.9 Å². The Morgan fingerprint density at radius 1 is 1.14 bits per heavy atom. The number of rotatable bonds is 8. The first-order valence-corrected chi connectivity index (χ1v) is 10.4. The average Bonchev–Trinajstić information content (AvgIpc) is 3.11. The number of carboxylic acid groups (broad SMARTS) is 1. The van der Waals surface area contributed by atoms with E-state index in [0.29, 0.717) is 23.9 Å². The van der Waals surface area contributed by atoms with Gasteiger partial charge in [-0.1, -0.05) is 67.9 Å². The quantitative estimate of drug-likeness (QED) is 0.478. The zero-order chi connectivity index (χ0) is 20.1. The predicted molar refractivity (Wildman–Crippen MR) is 116 cm³/mol. The van der Waals surface area contributed by atoms with E-state index in [9.17, 15) is 9.90 Å². The molecule has 0 aliphatic carbocycles. The molecule has 6 heteroatoms. The zero-order valence-electron chi connectivity index (χ0n) is 15.9. The molecule has 0 radical (unpaired) electrons. The van der Waals surface area contributed by atoms with Gasteiger partial charge in [-0.3, -0.25) is 4.79 Å². The van der Waals surface area contributed by atoms with Crippen LogP contribution in [0.1, 0.15) is 30.2 Å². The second kappa shape index (κ2) is 9.22. The zero-order valence-corrected chi connectivity index (χ0v) is 17.4. The van der Waals surface area contributed by atoms with Crippen molar-refractivity contribution in [1.29, 1.82) is 0 Å². The maximum Gasteiger partial charge on any atom is 0.308 e. The highest BCUT2D eigenvalue weighted by molar-refractivity contribution is 7.16. The second-order valence-corrected chi connectivity index (χ2v) is 8.47. The van der Waals surface area contributed by atoms with Gasteiger partial charge in [-0.15, -0.1) is 11.3 Å². The summed E-state index contributed by atoms with van der Waals surface area (Å²) in [5, 5.41) is 14.3. The van der Waals surface area contributed by atoms with Gasteiger partial charge in [0.2, 0.25) is 0 Å². The van der Waals surface area contributed by atoms with E-state index >= 15 is 0 Å². The number of hydrogen-bond acceptors (Lipinski definition) is 4. The number of nitrogens with zero attached hydrogens (tertiary/aromatic N) is 1. The molecule has 0 saturated carbocycles. The number of benzene rings is 2. The molecule has 2 N–H and O–H groups in total. The largest absolute Gasteiger partial charge is 0.481 e. The third-order valence-electron chi connectivity index (χ3n) is 4.47. The van der Waals surface area contributed by atoms with Crippen molar-refractivity contribution in [3.63, 3.8) is 0 Å². The molecule has 0 aliphatic heterocycles. The van der Waals surface area contributed by atoms with Crippen molar-refractivity contribution in [2.45, 2.75) is 26.2 Å². The molecule has 0 fully saturated rings. The van der Waals surface area contributed by atoms with Crippen LogP contribution in [0, 0.1) is 5.92 Å². The summed E-state index contributed by atoms with van der Waals surface area (Å²) in [7, 11) is 0. The highest BCUT2D eigenvalue weighted by Gasteiger charge is 2.20. The summed E-state index contributed by atoms with van der Waals surface area (Å²) in [6, 6.07) is 17.3. The summed E-state index contributed by atoms with van der Waals surface area (Å²) >= 11 is 7.58. The molecule has 0 aliphatic rings. The van der Waals surface area contributed by atoms with Gasteiger partial charge in [0, 0.05) is 22.0 Å². The summed E-state index contributed by atoms with van der Waals surface area (Å²) in [6.07, 6.45) is 0.482. The summed E-state index contributed by atoms with van der Waals surface area (Å²) in [5.41, 5.74) is 2.95. The third-order valence-corrected chi connectivity index (χ3v) is 6.03. The molecule has 1 atom stereocenters. The Morgan fingerprint density at radius 2 is 1.82 bits per heavy atom. The standard InChI is InChI=1S/C22H23ClN2O2S/c1-14(2)20-19(16-8-10-18(23)11-9-16)25-22(28-20)24-13-17(21(26)27)12-15-6-4-3-5-7-15/h3-11,14,17H,12-13H2,1-2H3,(H,24,25)(H,26,27). The summed E-state index contributed by atoms with van der Waals surface area (Å²) in [6.45, 7) is 4.59. The maximum atomic E-state index is 11.7. The Kier molecular flexibility index (Phi) is 6.70. The summed E-state index contributed by atoms with van der Waals surface area (Å²) < 4.78 is 0. The highest BCUT2D eigenvalue weighted by Crippen LogP contribution is 2.36. The van der Waals surface area contributed by atoms with Crippen LogP contribution < -0.4 is 5.32 Å². The molecule has 2 aromatic carbocycles. The lowest BCUT2D eigenvalue weighted by atomic mass is 9.99. The van der Waals surface area contributed by atoms with Gasteiger partial charge < -0.3 is 10.4 Å². The van der Waals surface area contributed by atoms with E-state index < -0.39 is 11.9 Å². The number of aliphatic carboxylic acids is 1. The van der Waals surface area contributed by atoms with Crippen LogP contribution in [0.2, 0.25) is 5.02 Å². The Bertz CT molecular complexity index is 923. The fourth-order valence-corrected chi connectivity index (χ4v) is 4.09. The van der Waals surface area contributed by atoms with Crippen LogP contribution in [-0.2, 0) is 11.2 Å². The number of anilines is 1. The molecule has 28 heavy (non-hydrogen) atoms. The molecule has 4 nitrogen and oxygen atoms in total. The van der Waals surface area contributed by atoms with Gasteiger partial charge >= 0.3 is 5.97 Å². The van der Waals surface area contributed by atoms with E-state index in [0.717, 1.165) is 22.0 Å². The van der Waals surface area contributed by atoms with Crippen LogP contribution in [0.15, 0.2) is 54.6 Å². The molecule has 1 heterocycles. The molecule has 0 spiro atoms. The molecule has 3 rings (SSSR count). The fraction of sp³-hybridized carbons (Fsp3) is 0.273. The molecular weight excluding hydrogens is 392 g/mol. The first kappa shape index (κ1) is 20.4. The molecule has 0 amide bonds. The number of hydrogen-bond donors (Lipinski definition) is 2. The van der Waals surface area contributed by atoms with E-state index in [-0.39, 0.29) is 0 Å². The van der Waals surface area contributed by atoms with Crippen molar-refractivity contribution in [2.24, 2.45) is 5.92 Å². The average molecular weight is 415 g/mol. The topological polar surface area (TPSA) is 62.2 Å². The number of aromatic nitrogens is 1. The summed E-state index contributed by atoms with van der Waals surface area (Å²) in [4.78, 5) is 17.6. The number of thiazole rings is 1. The Hall–Kier alpha value is -2.37. The molecular formula is C22H23ClN2O2S. The lowest BCUT2D eigenvalue weighted by molar-refractivity contribution is -0.141. The first-order valence-electron chi connectivity index (χ1n) is 9.21. The van der Waals surface area contributed by atoms with Crippen molar-refractivity contribution >= 4 is 34.0 Å². The van der Waals surface area contributed by atoms with E-state index in [2.05, 4.69) is 19.2 Å². The van der Waals surface area contributed by atoms with Crippen LogP contribution in [0.25, 0.3) is 11.3 Å². The van der Waals surface area contributed by atoms with Crippen LogP contribution in [0.3, 0.4) is 0 Å². The van der Waals surface area contributed by atoms with Gasteiger partial charge in [0.15, 0.2) is 5.13 Å². The Morgan fingerprint density at radius 3 is 2.43 bits per heavy atom. The molecule has 1 aromatic heterocycles. The summed E-state index contributed by atoms with van der Waals surface area (Å²) in [5.74, 6) is -1.01. The minimum atomic E-state index is -0.810. The second-order valence-electron chi connectivity index (χ2n) is 7.00. The minimum absolute atomic E-state index is 0.318. The van der Waals surface area contributed by atoms with Gasteiger partial charge in [-0.25, -0.2) is 4.98 Å². The third kappa shape index (κ3) is 5.12. The van der Waals surface area contributed by atoms with Gasteiger partial charge in [0.25, 0.3) is 0 Å². The van der Waals surface area contributed by atoms with Gasteiger partial charge in [-0.2, -0.15) is 0 Å². The lowest BCUT2D eigenvalue weighted by Crippen LogP contribution is -2.25. The number of nitrogens with one attached hydrogen (secondary N) is 1. The van der Waals surface area contributed by atoms with E-state index in [1.807, 2.05) is 54.6 Å². The monoisotopic (exact) mass is 414 g/mol. The van der Waals surface area contributed by atoms with E-state index in [1.54, 1.807) is 11.3 Å². The van der Waals surface area contributed by atoms with Crippen molar-refractivity contribution in [1.82, 2.24) is 4.98 Å². The van der Waals surface area contributed by atoms with Gasteiger partial charge in [0.05, 0.1) is 11.6 Å². The van der Waals surface area contributed by atoms with Gasteiger partial charge in [0.1, 0.15) is 0 Å².